The molecule has 1 aromatic carbocycles. The molecule has 140 valence electrons. The molecule has 2 aromatic rings. The number of nitrogens with one attached hydrogen (secondary N) is 2. The highest BCUT2D eigenvalue weighted by Gasteiger charge is 2.30. The van der Waals surface area contributed by atoms with E-state index in [2.05, 4.69) is 10.4 Å². The van der Waals surface area contributed by atoms with Crippen molar-refractivity contribution in [1.29, 1.82) is 0 Å². The molecule has 8 heteroatoms. The lowest BCUT2D eigenvalue weighted by molar-refractivity contribution is -0.895. The fourth-order valence-corrected chi connectivity index (χ4v) is 3.26. The molecule has 1 aromatic heterocycles. The average Bonchev–Trinajstić information content (AvgIpc) is 3.39. The van der Waals surface area contributed by atoms with E-state index in [1.807, 2.05) is 18.5 Å². The maximum atomic E-state index is 14.3. The molecule has 1 aliphatic rings. The monoisotopic (exact) mass is 378 g/mol. The number of hydrogen-bond acceptors (Lipinski definition) is 3. The van der Waals surface area contributed by atoms with Gasteiger partial charge in [-0.1, -0.05) is 19.1 Å². The summed E-state index contributed by atoms with van der Waals surface area (Å²) >= 11 is 5.60. The summed E-state index contributed by atoms with van der Waals surface area (Å²) in [6, 6.07) is 6.92. The van der Waals surface area contributed by atoms with Gasteiger partial charge < -0.3 is 10.2 Å². The van der Waals surface area contributed by atoms with Crippen LogP contribution in [0.15, 0.2) is 24.3 Å². The zero-order chi connectivity index (χ0) is 18.7. The highest BCUT2D eigenvalue weighted by Crippen LogP contribution is 2.38. The summed E-state index contributed by atoms with van der Waals surface area (Å²) in [5.74, 6) is 0.270. The first-order valence-corrected chi connectivity index (χ1v) is 9.44. The van der Waals surface area contributed by atoms with Crippen LogP contribution in [0.4, 0.5) is 4.39 Å². The highest BCUT2D eigenvalue weighted by molar-refractivity contribution is 7.71. The zero-order valence-corrected chi connectivity index (χ0v) is 16.0. The molecule has 0 spiro atoms. The van der Waals surface area contributed by atoms with Gasteiger partial charge in [0.15, 0.2) is 19.0 Å². The van der Waals surface area contributed by atoms with Crippen molar-refractivity contribution in [2.75, 3.05) is 20.1 Å². The number of carbonyl (C=O) groups excluding carboxylic acids is 1. The van der Waals surface area contributed by atoms with Crippen molar-refractivity contribution in [2.24, 2.45) is 0 Å². The Morgan fingerprint density at radius 1 is 1.42 bits per heavy atom. The van der Waals surface area contributed by atoms with Gasteiger partial charge in [0, 0.05) is 12.6 Å². The molecule has 1 atom stereocenters. The number of benzene rings is 1. The third-order valence-corrected chi connectivity index (χ3v) is 4.76. The predicted molar refractivity (Wildman–Crippen MR) is 99.8 cm³/mol. The van der Waals surface area contributed by atoms with E-state index in [-0.39, 0.29) is 11.7 Å². The standard InChI is InChI=1S/C18H24FN5OS/c1-3-10-20-16(25)11-22(2)12-23-18(26)24(13-8-9-13)17(21-23)14-6-4-5-7-15(14)19/h4-7,13H,3,8-12H2,1-2H3,(H,20,25)/p+1. The minimum Gasteiger partial charge on any atom is -0.351 e. The second-order valence-electron chi connectivity index (χ2n) is 6.83. The summed E-state index contributed by atoms with van der Waals surface area (Å²) in [7, 11) is 1.92. The van der Waals surface area contributed by atoms with Gasteiger partial charge in [-0.2, -0.15) is 4.68 Å². The van der Waals surface area contributed by atoms with Gasteiger partial charge in [-0.15, -0.1) is 5.10 Å². The Hall–Kier alpha value is -2.06. The molecular formula is C18H25FN5OS+. The van der Waals surface area contributed by atoms with Crippen LogP contribution >= 0.6 is 12.2 Å². The van der Waals surface area contributed by atoms with Gasteiger partial charge in [0.1, 0.15) is 5.82 Å². The minimum atomic E-state index is -0.304. The Labute approximate surface area is 157 Å². The van der Waals surface area contributed by atoms with E-state index < -0.39 is 0 Å². The van der Waals surface area contributed by atoms with E-state index in [0.29, 0.717) is 42.0 Å². The van der Waals surface area contributed by atoms with Crippen LogP contribution in [0.3, 0.4) is 0 Å². The smallest absolute Gasteiger partial charge is 0.275 e. The molecule has 1 amide bonds. The Morgan fingerprint density at radius 2 is 2.15 bits per heavy atom. The molecule has 3 rings (SSSR count). The summed E-state index contributed by atoms with van der Waals surface area (Å²) in [6.07, 6.45) is 2.97. The molecule has 0 saturated heterocycles. The molecule has 2 N–H and O–H groups in total. The van der Waals surface area contributed by atoms with E-state index in [1.54, 1.807) is 22.9 Å². The molecule has 0 bridgehead atoms. The quantitative estimate of drug-likeness (QED) is 0.686. The lowest BCUT2D eigenvalue weighted by atomic mass is 10.2. The molecular weight excluding hydrogens is 353 g/mol. The Morgan fingerprint density at radius 3 is 2.81 bits per heavy atom. The number of hydrogen-bond donors (Lipinski definition) is 2. The number of quaternary nitrogens is 1. The number of aromatic nitrogens is 3. The summed E-state index contributed by atoms with van der Waals surface area (Å²) in [5, 5.41) is 7.47. The SMILES string of the molecule is CCCNC(=O)C[NH+](C)Cn1nc(-c2ccccc2F)n(C2CC2)c1=S. The number of carbonyl (C=O) groups is 1. The first-order valence-electron chi connectivity index (χ1n) is 9.03. The number of amides is 1. The minimum absolute atomic E-state index is 0.00632. The number of halogens is 1. The van der Waals surface area contributed by atoms with E-state index >= 15 is 0 Å². The number of nitrogens with zero attached hydrogens (tertiary/aromatic N) is 3. The first-order chi connectivity index (χ1) is 12.5. The van der Waals surface area contributed by atoms with Gasteiger partial charge >= 0.3 is 0 Å². The Balaban J connectivity index is 1.83. The van der Waals surface area contributed by atoms with Crippen LogP contribution < -0.4 is 10.2 Å². The molecule has 1 heterocycles. The van der Waals surface area contributed by atoms with E-state index in [1.165, 1.54) is 6.07 Å². The van der Waals surface area contributed by atoms with E-state index in [0.717, 1.165) is 24.2 Å². The maximum Gasteiger partial charge on any atom is 0.275 e. The van der Waals surface area contributed by atoms with Crippen molar-refractivity contribution in [2.45, 2.75) is 38.9 Å². The van der Waals surface area contributed by atoms with Gasteiger partial charge in [-0.25, -0.2) is 4.39 Å². The summed E-state index contributed by atoms with van der Waals surface area (Å²) in [5.41, 5.74) is 0.461. The molecule has 1 fully saturated rings. The van der Waals surface area contributed by atoms with E-state index in [9.17, 15) is 9.18 Å². The molecule has 6 nitrogen and oxygen atoms in total. The predicted octanol–water partition coefficient (Wildman–Crippen LogP) is 1.55. The molecule has 0 radical (unpaired) electrons. The van der Waals surface area contributed by atoms with Crippen LogP contribution in [0, 0.1) is 10.6 Å². The second-order valence-corrected chi connectivity index (χ2v) is 7.19. The number of likely N-dealkylation sites (N-methyl/N-ethyl adjacent to an activating group) is 1. The van der Waals surface area contributed by atoms with Crippen molar-refractivity contribution in [3.63, 3.8) is 0 Å². The van der Waals surface area contributed by atoms with Crippen LogP contribution in [-0.4, -0.2) is 40.4 Å². The Bertz CT molecular complexity index is 842. The van der Waals surface area contributed by atoms with Gasteiger partial charge in [0.25, 0.3) is 5.91 Å². The molecule has 1 aliphatic carbocycles. The van der Waals surface area contributed by atoms with Crippen LogP contribution in [0.2, 0.25) is 0 Å². The van der Waals surface area contributed by atoms with E-state index in [4.69, 9.17) is 12.2 Å². The van der Waals surface area contributed by atoms with Gasteiger partial charge in [0.05, 0.1) is 12.6 Å². The van der Waals surface area contributed by atoms with Gasteiger partial charge in [-0.3, -0.25) is 9.36 Å². The fourth-order valence-electron chi connectivity index (χ4n) is 2.92. The summed E-state index contributed by atoms with van der Waals surface area (Å²) < 4.78 is 18.5. The topological polar surface area (TPSA) is 56.3 Å². The van der Waals surface area contributed by atoms with Crippen molar-refractivity contribution >= 4 is 18.1 Å². The van der Waals surface area contributed by atoms with Crippen LogP contribution in [0.5, 0.6) is 0 Å². The lowest BCUT2D eigenvalue weighted by Gasteiger charge is -2.13. The lowest BCUT2D eigenvalue weighted by Crippen LogP contribution is -3.09. The fraction of sp³-hybridized carbons (Fsp3) is 0.500. The Kier molecular flexibility index (Phi) is 5.83. The van der Waals surface area contributed by atoms with Crippen molar-refractivity contribution in [3.8, 4) is 11.4 Å². The molecule has 26 heavy (non-hydrogen) atoms. The normalized spacial score (nSPS) is 15.0. The van der Waals surface area contributed by atoms with Crippen LogP contribution in [0.1, 0.15) is 32.2 Å². The third kappa shape index (κ3) is 4.19. The van der Waals surface area contributed by atoms with Crippen molar-refractivity contribution < 1.29 is 14.1 Å². The van der Waals surface area contributed by atoms with Crippen LogP contribution in [0.25, 0.3) is 11.4 Å². The average molecular weight is 378 g/mol. The largest absolute Gasteiger partial charge is 0.351 e. The van der Waals surface area contributed by atoms with Gasteiger partial charge in [-0.05, 0) is 43.6 Å². The summed E-state index contributed by atoms with van der Waals surface area (Å²) in [4.78, 5) is 12.9. The molecule has 1 unspecified atom stereocenters. The third-order valence-electron chi connectivity index (χ3n) is 4.35. The second kappa shape index (κ2) is 8.09. The van der Waals surface area contributed by atoms with Crippen molar-refractivity contribution in [1.82, 2.24) is 19.7 Å². The summed E-state index contributed by atoms with van der Waals surface area (Å²) in [6.45, 7) is 3.50. The maximum absolute atomic E-state index is 14.3. The van der Waals surface area contributed by atoms with Crippen LogP contribution in [-0.2, 0) is 11.5 Å². The first kappa shape index (κ1) is 18.7. The van der Waals surface area contributed by atoms with Gasteiger partial charge in [0.2, 0.25) is 4.77 Å². The number of rotatable bonds is 8. The molecule has 0 aliphatic heterocycles. The molecule has 1 saturated carbocycles. The zero-order valence-electron chi connectivity index (χ0n) is 15.2. The van der Waals surface area contributed by atoms with Crippen molar-refractivity contribution in [3.05, 3.63) is 34.9 Å². The highest BCUT2D eigenvalue weighted by atomic mass is 32.1.